The molecule has 2 fully saturated rings. The van der Waals surface area contributed by atoms with Gasteiger partial charge in [-0.1, -0.05) is 48.5 Å². The van der Waals surface area contributed by atoms with Crippen molar-refractivity contribution in [2.24, 2.45) is 0 Å². The number of nitrogens with zero attached hydrogens (tertiary/aromatic N) is 3. The van der Waals surface area contributed by atoms with Gasteiger partial charge in [-0.05, 0) is 35.4 Å². The summed E-state index contributed by atoms with van der Waals surface area (Å²) in [5.74, 6) is 0. The molecule has 160 valence electrons. The molecule has 0 saturated carbocycles. The summed E-state index contributed by atoms with van der Waals surface area (Å²) < 4.78 is 0. The van der Waals surface area contributed by atoms with Gasteiger partial charge in [0.25, 0.3) is 0 Å². The molecular formula is C26H31N5. The van der Waals surface area contributed by atoms with E-state index in [4.69, 9.17) is 0 Å². The number of fused-ring (bicyclic) bond motifs is 1. The van der Waals surface area contributed by atoms with Gasteiger partial charge in [0, 0.05) is 63.2 Å². The smallest absolute Gasteiger partial charge is 0.0605 e. The molecule has 5 nitrogen and oxygen atoms in total. The van der Waals surface area contributed by atoms with E-state index in [9.17, 15) is 0 Å². The summed E-state index contributed by atoms with van der Waals surface area (Å²) in [7, 11) is 0. The topological polar surface area (TPSA) is 43.4 Å². The molecule has 5 rings (SSSR count). The standard InChI is InChI=1S/C26H31N5/c1-2-7-24(8-3-1)31(18-23-6-4-5-13-27-23)17-22-11-9-21(10-12-22)16-30-19-25-26(20-30)29-15-14-28-25/h1-13,25-26,28-29H,14-20H2. The van der Waals surface area contributed by atoms with E-state index in [1.54, 1.807) is 0 Å². The van der Waals surface area contributed by atoms with E-state index < -0.39 is 0 Å². The van der Waals surface area contributed by atoms with Crippen LogP contribution in [0.5, 0.6) is 0 Å². The van der Waals surface area contributed by atoms with Crippen LogP contribution in [0.15, 0.2) is 79.0 Å². The van der Waals surface area contributed by atoms with Crippen LogP contribution in [0.25, 0.3) is 0 Å². The fourth-order valence-corrected chi connectivity index (χ4v) is 4.74. The third kappa shape index (κ3) is 5.13. The van der Waals surface area contributed by atoms with Gasteiger partial charge in [-0.15, -0.1) is 0 Å². The molecule has 2 atom stereocenters. The minimum absolute atomic E-state index is 0.596. The largest absolute Gasteiger partial charge is 0.361 e. The van der Waals surface area contributed by atoms with Gasteiger partial charge in [0.15, 0.2) is 0 Å². The lowest BCUT2D eigenvalue weighted by molar-refractivity contribution is 0.320. The molecule has 2 aliphatic heterocycles. The highest BCUT2D eigenvalue weighted by Crippen LogP contribution is 2.21. The maximum atomic E-state index is 4.53. The number of likely N-dealkylation sites (tertiary alicyclic amines) is 1. The summed E-state index contributed by atoms with van der Waals surface area (Å²) in [5.41, 5.74) is 5.01. The third-order valence-electron chi connectivity index (χ3n) is 6.34. The second-order valence-corrected chi connectivity index (χ2v) is 8.64. The monoisotopic (exact) mass is 413 g/mol. The number of hydrogen-bond acceptors (Lipinski definition) is 5. The molecular weight excluding hydrogens is 382 g/mol. The summed E-state index contributed by atoms with van der Waals surface area (Å²) in [5, 5.41) is 7.30. The number of nitrogens with one attached hydrogen (secondary N) is 2. The van der Waals surface area contributed by atoms with Crippen LogP contribution < -0.4 is 15.5 Å². The molecule has 0 amide bonds. The Bertz CT molecular complexity index is 931. The molecule has 2 N–H and O–H groups in total. The molecule has 3 heterocycles. The maximum absolute atomic E-state index is 4.53. The van der Waals surface area contributed by atoms with Crippen molar-refractivity contribution in [2.75, 3.05) is 31.1 Å². The molecule has 5 heteroatoms. The maximum Gasteiger partial charge on any atom is 0.0605 e. The van der Waals surface area contributed by atoms with Gasteiger partial charge in [-0.25, -0.2) is 0 Å². The zero-order valence-electron chi connectivity index (χ0n) is 18.0. The van der Waals surface area contributed by atoms with Crippen molar-refractivity contribution in [1.82, 2.24) is 20.5 Å². The van der Waals surface area contributed by atoms with Crippen LogP contribution in [0.3, 0.4) is 0 Å². The van der Waals surface area contributed by atoms with Crippen LogP contribution in [0.4, 0.5) is 5.69 Å². The first-order valence-electron chi connectivity index (χ1n) is 11.3. The molecule has 1 aromatic heterocycles. The highest BCUT2D eigenvalue weighted by molar-refractivity contribution is 5.47. The number of benzene rings is 2. The zero-order valence-corrected chi connectivity index (χ0v) is 18.0. The van der Waals surface area contributed by atoms with Gasteiger partial charge in [0.2, 0.25) is 0 Å². The van der Waals surface area contributed by atoms with Crippen molar-refractivity contribution in [1.29, 1.82) is 0 Å². The van der Waals surface area contributed by atoms with Crippen LogP contribution in [0.1, 0.15) is 16.8 Å². The quantitative estimate of drug-likeness (QED) is 0.623. The minimum Gasteiger partial charge on any atom is -0.361 e. The fourth-order valence-electron chi connectivity index (χ4n) is 4.74. The Labute approximate surface area is 185 Å². The summed E-state index contributed by atoms with van der Waals surface area (Å²) in [4.78, 5) is 9.48. The number of anilines is 1. The van der Waals surface area contributed by atoms with E-state index in [0.717, 1.165) is 51.5 Å². The molecule has 2 aliphatic rings. The minimum atomic E-state index is 0.596. The lowest BCUT2D eigenvalue weighted by atomic mass is 10.1. The highest BCUT2D eigenvalue weighted by Gasteiger charge is 2.33. The highest BCUT2D eigenvalue weighted by atomic mass is 15.3. The second kappa shape index (κ2) is 9.60. The number of rotatable bonds is 7. The summed E-state index contributed by atoms with van der Waals surface area (Å²) in [6, 6.07) is 27.1. The van der Waals surface area contributed by atoms with Crippen LogP contribution >= 0.6 is 0 Å². The first kappa shape index (κ1) is 20.2. The number of aromatic nitrogens is 1. The van der Waals surface area contributed by atoms with E-state index >= 15 is 0 Å². The van der Waals surface area contributed by atoms with Crippen LogP contribution in [-0.4, -0.2) is 48.1 Å². The third-order valence-corrected chi connectivity index (χ3v) is 6.34. The van der Waals surface area contributed by atoms with E-state index in [1.165, 1.54) is 16.8 Å². The van der Waals surface area contributed by atoms with Crippen molar-refractivity contribution in [3.05, 3.63) is 95.8 Å². The molecule has 0 radical (unpaired) electrons. The van der Waals surface area contributed by atoms with Gasteiger partial charge in [0.1, 0.15) is 0 Å². The van der Waals surface area contributed by atoms with Gasteiger partial charge in [-0.3, -0.25) is 9.88 Å². The molecule has 0 spiro atoms. The normalized spacial score (nSPS) is 21.0. The van der Waals surface area contributed by atoms with Crippen LogP contribution in [0.2, 0.25) is 0 Å². The first-order valence-corrected chi connectivity index (χ1v) is 11.3. The Kier molecular flexibility index (Phi) is 6.25. The molecule has 2 saturated heterocycles. The average molecular weight is 414 g/mol. The van der Waals surface area contributed by atoms with Gasteiger partial charge >= 0.3 is 0 Å². The van der Waals surface area contributed by atoms with Crippen LogP contribution in [0, 0.1) is 0 Å². The van der Waals surface area contributed by atoms with E-state index in [0.29, 0.717) is 12.1 Å². The van der Waals surface area contributed by atoms with Crippen molar-refractivity contribution in [3.8, 4) is 0 Å². The summed E-state index contributed by atoms with van der Waals surface area (Å²) >= 11 is 0. The number of pyridine rings is 1. The molecule has 0 bridgehead atoms. The fraction of sp³-hybridized carbons (Fsp3) is 0.346. The summed E-state index contributed by atoms with van der Waals surface area (Å²) in [6.07, 6.45) is 1.87. The van der Waals surface area contributed by atoms with E-state index in [2.05, 4.69) is 92.1 Å². The molecule has 0 aliphatic carbocycles. The summed E-state index contributed by atoms with van der Waals surface area (Å²) in [6.45, 7) is 7.11. The Morgan fingerprint density at radius 3 is 2.13 bits per heavy atom. The predicted octanol–water partition coefficient (Wildman–Crippen LogP) is 3.03. The number of hydrogen-bond donors (Lipinski definition) is 2. The average Bonchev–Trinajstić information content (AvgIpc) is 3.23. The van der Waals surface area contributed by atoms with Gasteiger partial charge in [-0.2, -0.15) is 0 Å². The first-order chi connectivity index (χ1) is 15.3. The molecule has 31 heavy (non-hydrogen) atoms. The number of piperazine rings is 1. The van der Waals surface area contributed by atoms with Crippen molar-refractivity contribution < 1.29 is 0 Å². The Morgan fingerprint density at radius 1 is 0.774 bits per heavy atom. The van der Waals surface area contributed by atoms with Crippen molar-refractivity contribution >= 4 is 5.69 Å². The number of para-hydroxylation sites is 1. The molecule has 2 aromatic carbocycles. The Hall–Kier alpha value is -2.73. The lowest BCUT2D eigenvalue weighted by Gasteiger charge is -2.26. The Morgan fingerprint density at radius 2 is 1.45 bits per heavy atom. The van der Waals surface area contributed by atoms with Gasteiger partial charge in [0.05, 0.1) is 12.2 Å². The van der Waals surface area contributed by atoms with Gasteiger partial charge < -0.3 is 15.5 Å². The van der Waals surface area contributed by atoms with Crippen molar-refractivity contribution in [2.45, 2.75) is 31.7 Å². The zero-order chi connectivity index (χ0) is 20.9. The second-order valence-electron chi connectivity index (χ2n) is 8.64. The van der Waals surface area contributed by atoms with Crippen molar-refractivity contribution in [3.63, 3.8) is 0 Å². The Balaban J connectivity index is 1.24. The predicted molar refractivity (Wildman–Crippen MR) is 126 cm³/mol. The SMILES string of the molecule is c1ccc(N(Cc2ccc(CN3CC4NCCNC4C3)cc2)Cc2ccccn2)cc1. The lowest BCUT2D eigenvalue weighted by Crippen LogP contribution is -2.55. The van der Waals surface area contributed by atoms with E-state index in [1.807, 2.05) is 12.3 Å². The molecule has 3 aromatic rings. The van der Waals surface area contributed by atoms with Crippen LogP contribution in [-0.2, 0) is 19.6 Å². The molecule has 2 unspecified atom stereocenters. The van der Waals surface area contributed by atoms with E-state index in [-0.39, 0.29) is 0 Å².